The number of nitrogens with one attached hydrogen (secondary N) is 1. The van der Waals surface area contributed by atoms with E-state index in [0.29, 0.717) is 47.7 Å². The number of fused-ring (bicyclic) bond motifs is 1. The van der Waals surface area contributed by atoms with Crippen molar-refractivity contribution >= 4 is 22.5 Å². The van der Waals surface area contributed by atoms with Crippen molar-refractivity contribution in [2.75, 3.05) is 32.8 Å². The highest BCUT2D eigenvalue weighted by Gasteiger charge is 2.26. The molecule has 8 heteroatoms. The summed E-state index contributed by atoms with van der Waals surface area (Å²) in [6, 6.07) is 14.8. The molecule has 2 aliphatic rings. The van der Waals surface area contributed by atoms with E-state index in [9.17, 15) is 14.7 Å². The van der Waals surface area contributed by atoms with E-state index in [1.54, 1.807) is 12.1 Å². The SMILES string of the molecule is O=C(NCC(=O)C1CCC1)c1nc(CN2CCOCC2)c2cc(Oc3ccccc3)ccc2c1O. The number of nitrogens with zero attached hydrogens (tertiary/aromatic N) is 2. The van der Waals surface area contributed by atoms with Gasteiger partial charge in [0.2, 0.25) is 0 Å². The summed E-state index contributed by atoms with van der Waals surface area (Å²) in [7, 11) is 0. The summed E-state index contributed by atoms with van der Waals surface area (Å²) in [6.45, 7) is 3.22. The van der Waals surface area contributed by atoms with Gasteiger partial charge in [0.15, 0.2) is 17.2 Å². The molecule has 1 amide bonds. The summed E-state index contributed by atoms with van der Waals surface area (Å²) in [5.74, 6) is 0.618. The molecular weight excluding hydrogens is 446 g/mol. The molecule has 0 unspecified atom stereocenters. The van der Waals surface area contributed by atoms with Crippen LogP contribution in [0.1, 0.15) is 35.4 Å². The molecule has 0 spiro atoms. The van der Waals surface area contributed by atoms with Crippen LogP contribution in [0.4, 0.5) is 0 Å². The third kappa shape index (κ3) is 5.28. The van der Waals surface area contributed by atoms with Gasteiger partial charge in [-0.2, -0.15) is 0 Å². The molecule has 0 radical (unpaired) electrons. The Hall–Kier alpha value is -3.49. The zero-order chi connectivity index (χ0) is 24.2. The molecule has 1 aliphatic heterocycles. The van der Waals surface area contributed by atoms with Crippen LogP contribution in [0.3, 0.4) is 0 Å². The smallest absolute Gasteiger partial charge is 0.274 e. The summed E-state index contributed by atoms with van der Waals surface area (Å²) in [4.78, 5) is 32.0. The van der Waals surface area contributed by atoms with Crippen molar-refractivity contribution in [3.8, 4) is 17.2 Å². The largest absolute Gasteiger partial charge is 0.505 e. The van der Waals surface area contributed by atoms with E-state index in [1.165, 1.54) is 0 Å². The van der Waals surface area contributed by atoms with Gasteiger partial charge in [-0.15, -0.1) is 0 Å². The lowest BCUT2D eigenvalue weighted by Crippen LogP contribution is -2.37. The monoisotopic (exact) mass is 475 g/mol. The van der Waals surface area contributed by atoms with Gasteiger partial charge in [-0.3, -0.25) is 14.5 Å². The van der Waals surface area contributed by atoms with Crippen molar-refractivity contribution in [1.82, 2.24) is 15.2 Å². The number of para-hydroxylation sites is 1. The van der Waals surface area contributed by atoms with E-state index in [0.717, 1.165) is 32.4 Å². The van der Waals surface area contributed by atoms with Gasteiger partial charge in [0, 0.05) is 36.3 Å². The molecule has 1 saturated carbocycles. The van der Waals surface area contributed by atoms with Crippen LogP contribution in [0.2, 0.25) is 0 Å². The minimum Gasteiger partial charge on any atom is -0.505 e. The fourth-order valence-corrected chi connectivity index (χ4v) is 4.41. The zero-order valence-corrected chi connectivity index (χ0v) is 19.5. The van der Waals surface area contributed by atoms with Crippen LogP contribution in [0.25, 0.3) is 10.8 Å². The van der Waals surface area contributed by atoms with Gasteiger partial charge >= 0.3 is 0 Å². The number of aromatic hydroxyl groups is 1. The lowest BCUT2D eigenvalue weighted by atomic mass is 9.82. The molecule has 1 aliphatic carbocycles. The number of ketones is 1. The molecule has 5 rings (SSSR count). The number of hydrogen-bond acceptors (Lipinski definition) is 7. The lowest BCUT2D eigenvalue weighted by Gasteiger charge is -2.27. The van der Waals surface area contributed by atoms with Crippen molar-refractivity contribution in [1.29, 1.82) is 0 Å². The van der Waals surface area contributed by atoms with Crippen molar-refractivity contribution in [2.24, 2.45) is 5.92 Å². The van der Waals surface area contributed by atoms with Gasteiger partial charge in [-0.1, -0.05) is 24.6 Å². The second-order valence-corrected chi connectivity index (χ2v) is 9.04. The molecule has 2 heterocycles. The second kappa shape index (κ2) is 10.4. The molecule has 0 bridgehead atoms. The number of pyridine rings is 1. The van der Waals surface area contributed by atoms with Crippen LogP contribution < -0.4 is 10.1 Å². The highest BCUT2D eigenvalue weighted by Crippen LogP contribution is 2.34. The number of amides is 1. The van der Waals surface area contributed by atoms with Crippen molar-refractivity contribution in [3.63, 3.8) is 0 Å². The Labute approximate surface area is 203 Å². The number of Topliss-reactive ketones (excluding diaryl/α,β-unsaturated/α-hetero) is 1. The van der Waals surface area contributed by atoms with E-state index >= 15 is 0 Å². The van der Waals surface area contributed by atoms with E-state index < -0.39 is 5.91 Å². The molecule has 3 aromatic rings. The predicted octanol–water partition coefficient (Wildman–Crippen LogP) is 3.66. The molecule has 2 fully saturated rings. The molecule has 0 atom stereocenters. The number of ether oxygens (including phenoxy) is 2. The third-order valence-electron chi connectivity index (χ3n) is 6.68. The Morgan fingerprint density at radius 3 is 2.54 bits per heavy atom. The molecular formula is C27H29N3O5. The molecule has 182 valence electrons. The molecule has 1 aromatic heterocycles. The summed E-state index contributed by atoms with van der Waals surface area (Å²) in [5, 5.41) is 14.9. The summed E-state index contributed by atoms with van der Waals surface area (Å²) >= 11 is 0. The maximum Gasteiger partial charge on any atom is 0.274 e. The van der Waals surface area contributed by atoms with Crippen LogP contribution in [0, 0.1) is 5.92 Å². The first kappa shape index (κ1) is 23.3. The molecule has 8 nitrogen and oxygen atoms in total. The quantitative estimate of drug-likeness (QED) is 0.513. The molecule has 2 aromatic carbocycles. The summed E-state index contributed by atoms with van der Waals surface area (Å²) < 4.78 is 11.5. The predicted molar refractivity (Wildman–Crippen MR) is 131 cm³/mol. The van der Waals surface area contributed by atoms with E-state index in [-0.39, 0.29) is 29.7 Å². The van der Waals surface area contributed by atoms with E-state index in [1.807, 2.05) is 36.4 Å². The Morgan fingerprint density at radius 1 is 1.06 bits per heavy atom. The number of benzene rings is 2. The fraction of sp³-hybridized carbons (Fsp3) is 0.370. The van der Waals surface area contributed by atoms with Gasteiger partial charge in [0.25, 0.3) is 5.91 Å². The van der Waals surface area contributed by atoms with Gasteiger partial charge in [-0.25, -0.2) is 4.98 Å². The fourth-order valence-electron chi connectivity index (χ4n) is 4.41. The first-order valence-corrected chi connectivity index (χ1v) is 12.1. The maximum atomic E-state index is 13.0. The van der Waals surface area contributed by atoms with Crippen molar-refractivity contribution in [2.45, 2.75) is 25.8 Å². The minimum absolute atomic E-state index is 0.0288. The van der Waals surface area contributed by atoms with Gasteiger partial charge in [0.05, 0.1) is 25.5 Å². The van der Waals surface area contributed by atoms with Crippen LogP contribution >= 0.6 is 0 Å². The van der Waals surface area contributed by atoms with Crippen LogP contribution in [-0.4, -0.2) is 59.5 Å². The highest BCUT2D eigenvalue weighted by molar-refractivity contribution is 6.03. The number of morpholine rings is 1. The topological polar surface area (TPSA) is 101 Å². The number of carbonyl (C=O) groups excluding carboxylic acids is 2. The maximum absolute atomic E-state index is 13.0. The Bertz CT molecular complexity index is 1220. The number of carbonyl (C=O) groups is 2. The number of hydrogen-bond donors (Lipinski definition) is 2. The van der Waals surface area contributed by atoms with Crippen molar-refractivity contribution < 1.29 is 24.2 Å². The van der Waals surface area contributed by atoms with Gasteiger partial charge in [-0.05, 0) is 43.2 Å². The van der Waals surface area contributed by atoms with Crippen molar-refractivity contribution in [3.05, 3.63) is 59.9 Å². The number of rotatable bonds is 8. The van der Waals surface area contributed by atoms with Gasteiger partial charge < -0.3 is 19.9 Å². The Kier molecular flexibility index (Phi) is 6.92. The first-order chi connectivity index (χ1) is 17.1. The molecule has 2 N–H and O–H groups in total. The average molecular weight is 476 g/mol. The highest BCUT2D eigenvalue weighted by atomic mass is 16.5. The van der Waals surface area contributed by atoms with Gasteiger partial charge in [0.1, 0.15) is 11.5 Å². The summed E-state index contributed by atoms with van der Waals surface area (Å²) in [6.07, 6.45) is 2.81. The molecule has 1 saturated heterocycles. The minimum atomic E-state index is -0.551. The van der Waals surface area contributed by atoms with Crippen LogP contribution in [0.5, 0.6) is 17.2 Å². The Morgan fingerprint density at radius 2 is 1.83 bits per heavy atom. The zero-order valence-electron chi connectivity index (χ0n) is 19.5. The Balaban J connectivity index is 1.46. The van der Waals surface area contributed by atoms with E-state index in [2.05, 4.69) is 15.2 Å². The number of aromatic nitrogens is 1. The van der Waals surface area contributed by atoms with E-state index in [4.69, 9.17) is 9.47 Å². The lowest BCUT2D eigenvalue weighted by molar-refractivity contribution is -0.124. The average Bonchev–Trinajstić information content (AvgIpc) is 2.84. The second-order valence-electron chi connectivity index (χ2n) is 9.04. The third-order valence-corrected chi connectivity index (χ3v) is 6.68. The molecule has 35 heavy (non-hydrogen) atoms. The van der Waals surface area contributed by atoms with Crippen LogP contribution in [0.15, 0.2) is 48.5 Å². The summed E-state index contributed by atoms with van der Waals surface area (Å²) in [5.41, 5.74) is 0.590. The standard InChI is InChI=1S/C27H29N3O5/c31-24(18-5-4-6-18)16-28-27(33)25-26(32)21-10-9-20(35-19-7-2-1-3-8-19)15-22(21)23(29-25)17-30-11-13-34-14-12-30/h1-3,7-10,15,18,32H,4-6,11-14,16-17H2,(H,28,33). The first-order valence-electron chi connectivity index (χ1n) is 12.1. The van der Waals surface area contributed by atoms with Crippen LogP contribution in [-0.2, 0) is 16.1 Å². The normalized spacial score (nSPS) is 16.6.